The number of sulfone groups is 1. The molecule has 0 saturated heterocycles. The zero-order valence-electron chi connectivity index (χ0n) is 12.5. The van der Waals surface area contributed by atoms with Crippen molar-refractivity contribution < 1.29 is 22.3 Å². The molecule has 2 rings (SSSR count). The molecule has 9 heteroatoms. The lowest BCUT2D eigenvalue weighted by Crippen LogP contribution is -2.37. The predicted octanol–water partition coefficient (Wildman–Crippen LogP) is 1.52. The molecule has 0 saturated carbocycles. The van der Waals surface area contributed by atoms with E-state index in [1.54, 1.807) is 12.0 Å². The van der Waals surface area contributed by atoms with Gasteiger partial charge in [0.05, 0.1) is 5.75 Å². The second-order valence-electron chi connectivity index (χ2n) is 4.84. The second kappa shape index (κ2) is 7.34. The third-order valence-corrected chi connectivity index (χ3v) is 5.52. The van der Waals surface area contributed by atoms with Crippen molar-refractivity contribution >= 4 is 27.1 Å². The lowest BCUT2D eigenvalue weighted by molar-refractivity contribution is 0.196. The van der Waals surface area contributed by atoms with Crippen LogP contribution >= 0.6 is 11.6 Å². The van der Waals surface area contributed by atoms with Crippen molar-refractivity contribution in [2.45, 2.75) is 11.3 Å². The number of anilines is 1. The van der Waals surface area contributed by atoms with Gasteiger partial charge in [0.2, 0.25) is 11.8 Å². The summed E-state index contributed by atoms with van der Waals surface area (Å²) in [4.78, 5) is 5.07. The standard InChI is InChI=1S/C14H16ClFN2O4S/c1-3-7-22-14-11-12(10(15)13(16)17-14)23(19,20)9-6-18(11)5-4-8-21-2/h1H,4-9H2,2H3. The summed E-state index contributed by atoms with van der Waals surface area (Å²) >= 11 is 5.86. The Morgan fingerprint density at radius 1 is 1.52 bits per heavy atom. The molecular formula is C14H16ClFN2O4S. The van der Waals surface area contributed by atoms with Crippen LogP contribution in [0.5, 0.6) is 5.88 Å². The molecule has 0 aliphatic carbocycles. The first-order valence-corrected chi connectivity index (χ1v) is 8.87. The molecule has 126 valence electrons. The zero-order chi connectivity index (χ0) is 17.0. The number of aromatic nitrogens is 1. The largest absolute Gasteiger partial charge is 0.463 e. The highest BCUT2D eigenvalue weighted by Crippen LogP contribution is 2.42. The molecule has 1 aliphatic heterocycles. The summed E-state index contributed by atoms with van der Waals surface area (Å²) in [6.07, 6.45) is 5.79. The monoisotopic (exact) mass is 362 g/mol. The van der Waals surface area contributed by atoms with Crippen molar-refractivity contribution in [3.63, 3.8) is 0 Å². The summed E-state index contributed by atoms with van der Waals surface area (Å²) < 4.78 is 48.8. The maximum absolute atomic E-state index is 13.9. The Hall–Kier alpha value is -1.56. The number of fused-ring (bicyclic) bond motifs is 1. The molecule has 1 aromatic rings. The molecule has 0 bridgehead atoms. The molecule has 0 amide bonds. The normalized spacial score (nSPS) is 15.8. The number of hydrogen-bond acceptors (Lipinski definition) is 6. The zero-order valence-corrected chi connectivity index (χ0v) is 14.1. The van der Waals surface area contributed by atoms with Crippen LogP contribution in [0.25, 0.3) is 0 Å². The molecule has 0 fully saturated rings. The molecule has 1 aromatic heterocycles. The van der Waals surface area contributed by atoms with E-state index in [1.807, 2.05) is 0 Å². The van der Waals surface area contributed by atoms with Crippen molar-refractivity contribution in [1.29, 1.82) is 0 Å². The van der Waals surface area contributed by atoms with Crippen LogP contribution in [0.4, 0.5) is 10.1 Å². The van der Waals surface area contributed by atoms with Crippen LogP contribution in [-0.4, -0.2) is 52.6 Å². The fourth-order valence-electron chi connectivity index (χ4n) is 2.33. The van der Waals surface area contributed by atoms with Crippen molar-refractivity contribution in [2.75, 3.05) is 44.1 Å². The van der Waals surface area contributed by atoms with Gasteiger partial charge in [0, 0.05) is 26.8 Å². The molecule has 0 unspecified atom stereocenters. The quantitative estimate of drug-likeness (QED) is 0.434. The van der Waals surface area contributed by atoms with Gasteiger partial charge < -0.3 is 14.4 Å². The van der Waals surface area contributed by atoms with Crippen LogP contribution in [0.1, 0.15) is 6.42 Å². The van der Waals surface area contributed by atoms with Gasteiger partial charge in [-0.2, -0.15) is 9.37 Å². The van der Waals surface area contributed by atoms with Gasteiger partial charge in [0.1, 0.15) is 15.6 Å². The maximum Gasteiger partial charge on any atom is 0.242 e. The van der Waals surface area contributed by atoms with Gasteiger partial charge in [-0.1, -0.05) is 17.5 Å². The van der Waals surface area contributed by atoms with Gasteiger partial charge in [0.25, 0.3) is 0 Å². The van der Waals surface area contributed by atoms with Crippen molar-refractivity contribution in [3.8, 4) is 18.2 Å². The molecule has 0 atom stereocenters. The van der Waals surface area contributed by atoms with Crippen molar-refractivity contribution in [3.05, 3.63) is 11.0 Å². The smallest absolute Gasteiger partial charge is 0.242 e. The minimum Gasteiger partial charge on any atom is -0.463 e. The Balaban J connectivity index is 2.55. The van der Waals surface area contributed by atoms with Crippen molar-refractivity contribution in [2.24, 2.45) is 0 Å². The Bertz CT molecular complexity index is 733. The van der Waals surface area contributed by atoms with Gasteiger partial charge >= 0.3 is 0 Å². The third-order valence-electron chi connectivity index (χ3n) is 3.32. The first kappa shape index (κ1) is 17.8. The number of methoxy groups -OCH3 is 1. The number of ether oxygens (including phenoxy) is 2. The molecule has 1 aliphatic rings. The van der Waals surface area contributed by atoms with Gasteiger partial charge in [-0.25, -0.2) is 8.42 Å². The van der Waals surface area contributed by atoms with Gasteiger partial charge in [0.15, 0.2) is 16.4 Å². The van der Waals surface area contributed by atoms with Crippen LogP contribution < -0.4 is 9.64 Å². The van der Waals surface area contributed by atoms with Crippen LogP contribution in [0.2, 0.25) is 5.02 Å². The summed E-state index contributed by atoms with van der Waals surface area (Å²) in [7, 11) is -2.15. The summed E-state index contributed by atoms with van der Waals surface area (Å²) in [5.41, 5.74) is 0.161. The fraction of sp³-hybridized carbons (Fsp3) is 0.500. The number of pyridine rings is 1. The van der Waals surface area contributed by atoms with Crippen LogP contribution in [0.15, 0.2) is 4.90 Å². The number of halogens is 2. The topological polar surface area (TPSA) is 68.7 Å². The first-order chi connectivity index (χ1) is 10.9. The number of rotatable bonds is 6. The lowest BCUT2D eigenvalue weighted by atomic mass is 10.3. The predicted molar refractivity (Wildman–Crippen MR) is 84.3 cm³/mol. The Kier molecular flexibility index (Phi) is 5.68. The van der Waals surface area contributed by atoms with Crippen LogP contribution in [0.3, 0.4) is 0 Å². The van der Waals surface area contributed by atoms with E-state index in [0.29, 0.717) is 19.6 Å². The Morgan fingerprint density at radius 3 is 2.91 bits per heavy atom. The summed E-state index contributed by atoms with van der Waals surface area (Å²) in [5.74, 6) is 0.814. The molecule has 0 spiro atoms. The van der Waals surface area contributed by atoms with Crippen LogP contribution in [0, 0.1) is 18.3 Å². The Labute approximate surface area is 139 Å². The SMILES string of the molecule is C#CCOc1nc(F)c(Cl)c2c1N(CCCOC)CCS2(=O)=O. The van der Waals surface area contributed by atoms with E-state index in [-0.39, 0.29) is 35.4 Å². The van der Waals surface area contributed by atoms with E-state index < -0.39 is 20.8 Å². The van der Waals surface area contributed by atoms with Gasteiger partial charge in [-0.3, -0.25) is 0 Å². The molecule has 0 radical (unpaired) electrons. The summed E-state index contributed by atoms with van der Waals surface area (Å²) in [5, 5.41) is -0.524. The summed E-state index contributed by atoms with van der Waals surface area (Å²) in [6, 6.07) is 0. The minimum atomic E-state index is -3.72. The average molecular weight is 363 g/mol. The highest BCUT2D eigenvalue weighted by atomic mass is 35.5. The van der Waals surface area contributed by atoms with Crippen molar-refractivity contribution in [1.82, 2.24) is 4.98 Å². The first-order valence-electron chi connectivity index (χ1n) is 6.84. The van der Waals surface area contributed by atoms with E-state index in [4.69, 9.17) is 27.5 Å². The van der Waals surface area contributed by atoms with E-state index in [1.165, 1.54) is 0 Å². The fourth-order valence-corrected chi connectivity index (χ4v) is 4.34. The molecule has 23 heavy (non-hydrogen) atoms. The minimum absolute atomic E-state index is 0.160. The van der Waals surface area contributed by atoms with E-state index in [2.05, 4.69) is 10.9 Å². The Morgan fingerprint density at radius 2 is 2.26 bits per heavy atom. The van der Waals surface area contributed by atoms with Gasteiger partial charge in [-0.05, 0) is 6.42 Å². The molecule has 2 heterocycles. The second-order valence-corrected chi connectivity index (χ2v) is 7.27. The number of terminal acetylenes is 1. The molecule has 0 N–H and O–H groups in total. The van der Waals surface area contributed by atoms with E-state index in [0.717, 1.165) is 0 Å². The average Bonchev–Trinajstić information content (AvgIpc) is 2.50. The highest BCUT2D eigenvalue weighted by Gasteiger charge is 2.36. The molecule has 0 aromatic carbocycles. The van der Waals surface area contributed by atoms with Crippen LogP contribution in [-0.2, 0) is 14.6 Å². The van der Waals surface area contributed by atoms with Gasteiger partial charge in [-0.15, -0.1) is 6.42 Å². The van der Waals surface area contributed by atoms with E-state index in [9.17, 15) is 12.8 Å². The summed E-state index contributed by atoms with van der Waals surface area (Å²) in [6.45, 7) is 1.06. The number of nitrogens with zero attached hydrogens (tertiary/aromatic N) is 2. The number of hydrogen-bond donors (Lipinski definition) is 0. The maximum atomic E-state index is 13.9. The third kappa shape index (κ3) is 3.68. The molecule has 6 nitrogen and oxygen atoms in total. The molecular weight excluding hydrogens is 347 g/mol. The lowest BCUT2D eigenvalue weighted by Gasteiger charge is -2.32. The highest BCUT2D eigenvalue weighted by molar-refractivity contribution is 7.91. The van der Waals surface area contributed by atoms with E-state index >= 15 is 0 Å².